The molecule has 0 aromatic carbocycles. The predicted molar refractivity (Wildman–Crippen MR) is 81.1 cm³/mol. The number of thioether (sulfide) groups is 1. The Kier molecular flexibility index (Phi) is 5.21. The van der Waals surface area contributed by atoms with Crippen LogP contribution in [0.5, 0.6) is 0 Å². The van der Waals surface area contributed by atoms with Gasteiger partial charge in [0.2, 0.25) is 0 Å². The van der Waals surface area contributed by atoms with Crippen LogP contribution in [0.3, 0.4) is 0 Å². The number of nitrogens with one attached hydrogen (secondary N) is 1. The summed E-state index contributed by atoms with van der Waals surface area (Å²) in [6, 6.07) is 2.37. The number of aryl methyl sites for hydroxylation is 2. The maximum absolute atomic E-state index is 5.76. The molecule has 1 aromatic rings. The van der Waals surface area contributed by atoms with E-state index in [9.17, 15) is 0 Å². The fourth-order valence-electron chi connectivity index (χ4n) is 1.81. The fraction of sp³-hybridized carbons (Fsp3) is 0.500. The Balaban J connectivity index is 3.08. The minimum absolute atomic E-state index is 0.374. The van der Waals surface area contributed by atoms with Gasteiger partial charge in [-0.1, -0.05) is 12.2 Å². The standard InChI is InChI=1S/C12H19N3S2/c1-7-5-10(15-8(2)6-17-4)11(12(13)16)9(3)14-7/h5,8H,6H2,1-4H3,(H2,13,16)(H,14,15). The topological polar surface area (TPSA) is 50.9 Å². The van der Waals surface area contributed by atoms with Gasteiger partial charge in [0.05, 0.1) is 5.56 Å². The van der Waals surface area contributed by atoms with Crippen LogP contribution in [-0.4, -0.2) is 28.0 Å². The number of nitrogens with two attached hydrogens (primary N) is 1. The van der Waals surface area contributed by atoms with Crippen molar-refractivity contribution in [3.8, 4) is 0 Å². The molecule has 1 unspecified atom stereocenters. The van der Waals surface area contributed by atoms with Gasteiger partial charge in [-0.3, -0.25) is 4.98 Å². The van der Waals surface area contributed by atoms with E-state index in [0.29, 0.717) is 11.0 Å². The molecule has 17 heavy (non-hydrogen) atoms. The number of aromatic nitrogens is 1. The number of pyridine rings is 1. The first-order chi connectivity index (χ1) is 7.95. The second-order valence-electron chi connectivity index (χ2n) is 4.14. The Morgan fingerprint density at radius 2 is 2.24 bits per heavy atom. The van der Waals surface area contributed by atoms with Crippen molar-refractivity contribution in [2.45, 2.75) is 26.8 Å². The average molecular weight is 269 g/mol. The molecule has 0 radical (unpaired) electrons. The number of thiocarbonyl (C=S) groups is 1. The molecule has 1 atom stereocenters. The van der Waals surface area contributed by atoms with E-state index in [0.717, 1.165) is 28.4 Å². The molecule has 0 aliphatic carbocycles. The van der Waals surface area contributed by atoms with Crippen molar-refractivity contribution < 1.29 is 0 Å². The van der Waals surface area contributed by atoms with Crippen LogP contribution >= 0.6 is 24.0 Å². The molecule has 0 amide bonds. The highest BCUT2D eigenvalue weighted by Gasteiger charge is 2.12. The number of rotatable bonds is 5. The zero-order chi connectivity index (χ0) is 13.0. The molecular weight excluding hydrogens is 250 g/mol. The molecule has 1 rings (SSSR count). The van der Waals surface area contributed by atoms with Gasteiger partial charge in [-0.05, 0) is 33.1 Å². The first-order valence-corrected chi connectivity index (χ1v) is 7.29. The monoisotopic (exact) mass is 269 g/mol. The van der Waals surface area contributed by atoms with E-state index in [-0.39, 0.29) is 0 Å². The number of hydrogen-bond donors (Lipinski definition) is 2. The lowest BCUT2D eigenvalue weighted by atomic mass is 10.1. The van der Waals surface area contributed by atoms with Gasteiger partial charge in [-0.2, -0.15) is 11.8 Å². The Bertz CT molecular complexity index is 418. The van der Waals surface area contributed by atoms with Crippen LogP contribution in [0, 0.1) is 13.8 Å². The quantitative estimate of drug-likeness (QED) is 0.804. The Morgan fingerprint density at radius 1 is 1.59 bits per heavy atom. The second-order valence-corrected chi connectivity index (χ2v) is 5.49. The molecule has 3 nitrogen and oxygen atoms in total. The van der Waals surface area contributed by atoms with Crippen molar-refractivity contribution in [3.05, 3.63) is 23.0 Å². The summed E-state index contributed by atoms with van der Waals surface area (Å²) in [6.07, 6.45) is 2.09. The molecule has 0 aliphatic heterocycles. The molecule has 0 fully saturated rings. The molecule has 0 saturated carbocycles. The van der Waals surface area contributed by atoms with Gasteiger partial charge < -0.3 is 11.1 Å². The van der Waals surface area contributed by atoms with Crippen LogP contribution in [0.2, 0.25) is 0 Å². The van der Waals surface area contributed by atoms with E-state index in [1.54, 1.807) is 0 Å². The van der Waals surface area contributed by atoms with Gasteiger partial charge in [0.25, 0.3) is 0 Å². The van der Waals surface area contributed by atoms with Crippen molar-refractivity contribution in [1.29, 1.82) is 0 Å². The summed E-state index contributed by atoms with van der Waals surface area (Å²) in [7, 11) is 0. The van der Waals surface area contributed by atoms with E-state index in [1.807, 2.05) is 31.7 Å². The normalized spacial score (nSPS) is 12.2. The number of nitrogens with zero attached hydrogens (tertiary/aromatic N) is 1. The van der Waals surface area contributed by atoms with Crippen molar-refractivity contribution in [1.82, 2.24) is 4.98 Å². The third kappa shape index (κ3) is 3.85. The Labute approximate surface area is 113 Å². The molecular formula is C12H19N3S2. The van der Waals surface area contributed by atoms with Gasteiger partial charge in [-0.15, -0.1) is 0 Å². The zero-order valence-corrected chi connectivity index (χ0v) is 12.3. The highest BCUT2D eigenvalue weighted by Crippen LogP contribution is 2.21. The van der Waals surface area contributed by atoms with E-state index in [1.165, 1.54) is 0 Å². The average Bonchev–Trinajstić information content (AvgIpc) is 2.15. The lowest BCUT2D eigenvalue weighted by Crippen LogP contribution is -2.22. The molecule has 94 valence electrons. The van der Waals surface area contributed by atoms with Gasteiger partial charge >= 0.3 is 0 Å². The van der Waals surface area contributed by atoms with Crippen molar-refractivity contribution in [2.75, 3.05) is 17.3 Å². The largest absolute Gasteiger partial charge is 0.389 e. The SMILES string of the molecule is CSCC(C)Nc1cc(C)nc(C)c1C(N)=S. The number of hydrogen-bond acceptors (Lipinski definition) is 4. The van der Waals surface area contributed by atoms with Crippen molar-refractivity contribution in [3.63, 3.8) is 0 Å². The molecule has 5 heteroatoms. The zero-order valence-electron chi connectivity index (χ0n) is 10.7. The van der Waals surface area contributed by atoms with Crippen LogP contribution < -0.4 is 11.1 Å². The molecule has 1 aromatic heterocycles. The summed E-state index contributed by atoms with van der Waals surface area (Å²) < 4.78 is 0. The Morgan fingerprint density at radius 3 is 2.76 bits per heavy atom. The van der Waals surface area contributed by atoms with Crippen LogP contribution in [0.4, 0.5) is 5.69 Å². The molecule has 3 N–H and O–H groups in total. The van der Waals surface area contributed by atoms with Crippen LogP contribution in [-0.2, 0) is 0 Å². The maximum atomic E-state index is 5.76. The second kappa shape index (κ2) is 6.21. The third-order valence-electron chi connectivity index (χ3n) is 2.39. The van der Waals surface area contributed by atoms with Gasteiger partial charge in [0.1, 0.15) is 4.99 Å². The van der Waals surface area contributed by atoms with Crippen LogP contribution in [0.15, 0.2) is 6.07 Å². The summed E-state index contributed by atoms with van der Waals surface area (Å²) in [5.41, 5.74) is 9.47. The fourth-order valence-corrected chi connectivity index (χ4v) is 2.65. The minimum Gasteiger partial charge on any atom is -0.389 e. The number of anilines is 1. The highest BCUT2D eigenvalue weighted by atomic mass is 32.2. The first kappa shape index (κ1) is 14.3. The van der Waals surface area contributed by atoms with Crippen LogP contribution in [0.1, 0.15) is 23.9 Å². The van der Waals surface area contributed by atoms with E-state index < -0.39 is 0 Å². The highest BCUT2D eigenvalue weighted by molar-refractivity contribution is 7.98. The van der Waals surface area contributed by atoms with Crippen LogP contribution in [0.25, 0.3) is 0 Å². The lowest BCUT2D eigenvalue weighted by Gasteiger charge is -2.18. The predicted octanol–water partition coefficient (Wildman–Crippen LogP) is 2.50. The molecule has 0 spiro atoms. The van der Waals surface area contributed by atoms with Gasteiger partial charge in [-0.25, -0.2) is 0 Å². The van der Waals surface area contributed by atoms with Crippen molar-refractivity contribution in [2.24, 2.45) is 5.73 Å². The summed E-state index contributed by atoms with van der Waals surface area (Å²) in [4.78, 5) is 4.79. The molecule has 0 saturated heterocycles. The van der Waals surface area contributed by atoms with Gasteiger partial charge in [0.15, 0.2) is 0 Å². The summed E-state index contributed by atoms with van der Waals surface area (Å²) in [6.45, 7) is 6.05. The molecule has 1 heterocycles. The minimum atomic E-state index is 0.374. The summed E-state index contributed by atoms with van der Waals surface area (Å²) in [5.74, 6) is 1.04. The van der Waals surface area contributed by atoms with E-state index in [2.05, 4.69) is 23.5 Å². The smallest absolute Gasteiger partial charge is 0.107 e. The lowest BCUT2D eigenvalue weighted by molar-refractivity contribution is 0.910. The molecule has 0 bridgehead atoms. The summed E-state index contributed by atoms with van der Waals surface area (Å²) >= 11 is 6.90. The Hall–Kier alpha value is -0.810. The van der Waals surface area contributed by atoms with E-state index in [4.69, 9.17) is 18.0 Å². The van der Waals surface area contributed by atoms with Crippen molar-refractivity contribution >= 4 is 34.7 Å². The van der Waals surface area contributed by atoms with E-state index >= 15 is 0 Å². The van der Waals surface area contributed by atoms with Gasteiger partial charge in [0, 0.05) is 28.9 Å². The first-order valence-electron chi connectivity index (χ1n) is 5.49. The third-order valence-corrected chi connectivity index (χ3v) is 3.43. The maximum Gasteiger partial charge on any atom is 0.107 e. The summed E-state index contributed by atoms with van der Waals surface area (Å²) in [5, 5.41) is 3.45. The molecule has 0 aliphatic rings.